The summed E-state index contributed by atoms with van der Waals surface area (Å²) < 4.78 is 0. The fourth-order valence-corrected chi connectivity index (χ4v) is 2.80. The Kier molecular flexibility index (Phi) is 4.55. The quantitative estimate of drug-likeness (QED) is 0.782. The van der Waals surface area contributed by atoms with Crippen LogP contribution in [0.3, 0.4) is 0 Å². The molecule has 0 aliphatic rings. The van der Waals surface area contributed by atoms with E-state index in [1.807, 2.05) is 55.1 Å². The molecule has 6 heteroatoms. The second-order valence-electron chi connectivity index (χ2n) is 6.10. The van der Waals surface area contributed by atoms with Crippen LogP contribution >= 0.6 is 0 Å². The summed E-state index contributed by atoms with van der Waals surface area (Å²) >= 11 is 0. The third kappa shape index (κ3) is 3.13. The van der Waals surface area contributed by atoms with Crippen molar-refractivity contribution < 1.29 is 4.79 Å². The van der Waals surface area contributed by atoms with Gasteiger partial charge in [-0.25, -0.2) is 0 Å². The lowest BCUT2D eigenvalue weighted by Gasteiger charge is -2.26. The lowest BCUT2D eigenvalue weighted by Crippen LogP contribution is -2.37. The Labute approximate surface area is 140 Å². The van der Waals surface area contributed by atoms with Gasteiger partial charge < -0.3 is 4.90 Å². The van der Waals surface area contributed by atoms with Gasteiger partial charge in [-0.1, -0.05) is 25.1 Å². The maximum absolute atomic E-state index is 12.8. The molecule has 0 unspecified atom stereocenters. The van der Waals surface area contributed by atoms with Crippen molar-refractivity contribution in [1.82, 2.24) is 25.5 Å². The van der Waals surface area contributed by atoms with Crippen LogP contribution in [0.4, 0.5) is 0 Å². The monoisotopic (exact) mass is 323 g/mol. The van der Waals surface area contributed by atoms with E-state index in [0.29, 0.717) is 5.82 Å². The minimum Gasteiger partial charge on any atom is -0.336 e. The number of amides is 1. The number of hydrogen-bond acceptors (Lipinski definition) is 4. The van der Waals surface area contributed by atoms with Crippen LogP contribution in [0, 0.1) is 0 Å². The Balaban J connectivity index is 1.94. The number of H-pyrrole nitrogens is 1. The van der Waals surface area contributed by atoms with Gasteiger partial charge in [0, 0.05) is 23.7 Å². The minimum atomic E-state index is 0.0796. The van der Waals surface area contributed by atoms with Crippen LogP contribution < -0.4 is 0 Å². The normalized spacial score (nSPS) is 11.2. The summed E-state index contributed by atoms with van der Waals surface area (Å²) in [7, 11) is 0. The van der Waals surface area contributed by atoms with Gasteiger partial charge in [-0.05, 0) is 54.5 Å². The van der Waals surface area contributed by atoms with E-state index in [2.05, 4.69) is 27.5 Å². The average Bonchev–Trinajstić information content (AvgIpc) is 3.12. The molecule has 0 aliphatic carbocycles. The number of rotatable bonds is 5. The molecule has 3 aromatic rings. The molecule has 3 rings (SSSR count). The van der Waals surface area contributed by atoms with Gasteiger partial charge >= 0.3 is 0 Å². The number of hydrogen-bond donors (Lipinski definition) is 1. The van der Waals surface area contributed by atoms with E-state index >= 15 is 0 Å². The number of nitrogens with zero attached hydrogens (tertiary/aromatic N) is 4. The van der Waals surface area contributed by atoms with Crippen LogP contribution in [0.2, 0.25) is 0 Å². The molecular weight excluding hydrogens is 302 g/mol. The summed E-state index contributed by atoms with van der Waals surface area (Å²) in [5, 5.41) is 16.1. The molecule has 1 aromatic heterocycles. The van der Waals surface area contributed by atoms with E-state index in [1.165, 1.54) is 0 Å². The fourth-order valence-electron chi connectivity index (χ4n) is 2.80. The lowest BCUT2D eigenvalue weighted by atomic mass is 10.0. The summed E-state index contributed by atoms with van der Waals surface area (Å²) in [6.07, 6.45) is 0.950. The summed E-state index contributed by atoms with van der Waals surface area (Å²) in [5.41, 5.74) is 1.61. The standard InChI is InChI=1S/C18H21N5O/c1-4-9-23(12(2)3)18(24)16-8-6-13-10-15(7-5-14(13)11-16)17-19-21-22-20-17/h5-8,10-12H,4,9H2,1-3H3,(H,19,20,21,22). The van der Waals surface area contributed by atoms with Crippen molar-refractivity contribution in [2.45, 2.75) is 33.2 Å². The first-order chi connectivity index (χ1) is 11.6. The van der Waals surface area contributed by atoms with E-state index in [4.69, 9.17) is 0 Å². The van der Waals surface area contributed by atoms with Gasteiger partial charge in [-0.3, -0.25) is 4.79 Å². The number of aromatic amines is 1. The van der Waals surface area contributed by atoms with Crippen LogP contribution in [0.25, 0.3) is 22.2 Å². The van der Waals surface area contributed by atoms with Gasteiger partial charge in [0.15, 0.2) is 0 Å². The fraction of sp³-hybridized carbons (Fsp3) is 0.333. The molecule has 0 saturated carbocycles. The number of carbonyl (C=O) groups excluding carboxylic acids is 1. The third-order valence-electron chi connectivity index (χ3n) is 4.04. The van der Waals surface area contributed by atoms with Crippen molar-refractivity contribution >= 4 is 16.7 Å². The van der Waals surface area contributed by atoms with Crippen LogP contribution in [0.1, 0.15) is 37.6 Å². The number of carbonyl (C=O) groups is 1. The van der Waals surface area contributed by atoms with Crippen molar-refractivity contribution in [3.8, 4) is 11.4 Å². The number of aromatic nitrogens is 4. The summed E-state index contributed by atoms with van der Waals surface area (Å²) in [5.74, 6) is 0.641. The second kappa shape index (κ2) is 6.78. The van der Waals surface area contributed by atoms with Crippen molar-refractivity contribution in [2.75, 3.05) is 6.54 Å². The van der Waals surface area contributed by atoms with Gasteiger partial charge in [0.05, 0.1) is 0 Å². The molecule has 0 spiro atoms. The largest absolute Gasteiger partial charge is 0.336 e. The van der Waals surface area contributed by atoms with Crippen LogP contribution in [0.5, 0.6) is 0 Å². The van der Waals surface area contributed by atoms with Gasteiger partial charge in [-0.2, -0.15) is 5.21 Å². The van der Waals surface area contributed by atoms with Gasteiger partial charge in [0.25, 0.3) is 5.91 Å². The molecule has 1 N–H and O–H groups in total. The third-order valence-corrected chi connectivity index (χ3v) is 4.04. The van der Waals surface area contributed by atoms with E-state index in [1.54, 1.807) is 0 Å². The molecule has 0 aliphatic heterocycles. The predicted octanol–water partition coefficient (Wildman–Crippen LogP) is 3.28. The molecule has 124 valence electrons. The first kappa shape index (κ1) is 16.1. The van der Waals surface area contributed by atoms with Gasteiger partial charge in [0.2, 0.25) is 5.82 Å². The molecule has 24 heavy (non-hydrogen) atoms. The number of tetrazole rings is 1. The zero-order chi connectivity index (χ0) is 17.1. The second-order valence-corrected chi connectivity index (χ2v) is 6.10. The smallest absolute Gasteiger partial charge is 0.254 e. The first-order valence-corrected chi connectivity index (χ1v) is 8.18. The Bertz CT molecular complexity index is 842. The van der Waals surface area contributed by atoms with Crippen molar-refractivity contribution in [1.29, 1.82) is 0 Å². The summed E-state index contributed by atoms with van der Waals surface area (Å²) in [6.45, 7) is 6.95. The van der Waals surface area contributed by atoms with Crippen LogP contribution in [-0.2, 0) is 0 Å². The van der Waals surface area contributed by atoms with E-state index in [0.717, 1.165) is 34.9 Å². The average molecular weight is 323 g/mol. The van der Waals surface area contributed by atoms with Gasteiger partial charge in [0.1, 0.15) is 0 Å². The highest BCUT2D eigenvalue weighted by Gasteiger charge is 2.18. The van der Waals surface area contributed by atoms with Crippen LogP contribution in [0.15, 0.2) is 36.4 Å². The number of nitrogens with one attached hydrogen (secondary N) is 1. The minimum absolute atomic E-state index is 0.0796. The highest BCUT2D eigenvalue weighted by atomic mass is 16.2. The summed E-state index contributed by atoms with van der Waals surface area (Å²) in [6, 6.07) is 11.9. The highest BCUT2D eigenvalue weighted by molar-refractivity contribution is 5.99. The zero-order valence-corrected chi connectivity index (χ0v) is 14.2. The van der Waals surface area contributed by atoms with E-state index in [-0.39, 0.29) is 11.9 Å². The molecular formula is C18H21N5O. The molecule has 0 radical (unpaired) electrons. The number of benzene rings is 2. The molecule has 6 nitrogen and oxygen atoms in total. The van der Waals surface area contributed by atoms with Crippen LogP contribution in [-0.4, -0.2) is 44.0 Å². The van der Waals surface area contributed by atoms with Crippen molar-refractivity contribution in [3.05, 3.63) is 42.0 Å². The zero-order valence-electron chi connectivity index (χ0n) is 14.2. The number of fused-ring (bicyclic) bond motifs is 1. The molecule has 0 atom stereocenters. The summed E-state index contributed by atoms with van der Waals surface area (Å²) in [4.78, 5) is 14.7. The Morgan fingerprint density at radius 3 is 2.58 bits per heavy atom. The maximum Gasteiger partial charge on any atom is 0.254 e. The Morgan fingerprint density at radius 1 is 1.17 bits per heavy atom. The molecule has 2 aromatic carbocycles. The first-order valence-electron chi connectivity index (χ1n) is 8.18. The molecule has 0 fully saturated rings. The predicted molar refractivity (Wildman–Crippen MR) is 93.6 cm³/mol. The molecule has 0 bridgehead atoms. The highest BCUT2D eigenvalue weighted by Crippen LogP contribution is 2.23. The SMILES string of the molecule is CCCN(C(=O)c1ccc2cc(-c3nn[nH]n3)ccc2c1)C(C)C. The molecule has 1 heterocycles. The van der Waals surface area contributed by atoms with Gasteiger partial charge in [-0.15, -0.1) is 10.2 Å². The van der Waals surface area contributed by atoms with Crippen molar-refractivity contribution in [3.63, 3.8) is 0 Å². The Morgan fingerprint density at radius 2 is 1.92 bits per heavy atom. The molecule has 1 amide bonds. The van der Waals surface area contributed by atoms with Crippen molar-refractivity contribution in [2.24, 2.45) is 0 Å². The topological polar surface area (TPSA) is 74.8 Å². The molecule has 0 saturated heterocycles. The Hall–Kier alpha value is -2.76. The lowest BCUT2D eigenvalue weighted by molar-refractivity contribution is 0.0706. The van der Waals surface area contributed by atoms with E-state index in [9.17, 15) is 4.79 Å². The maximum atomic E-state index is 12.8. The van der Waals surface area contributed by atoms with E-state index < -0.39 is 0 Å².